The van der Waals surface area contributed by atoms with Gasteiger partial charge in [0, 0.05) is 0 Å². The maximum Gasteiger partial charge on any atom is 0.0692 e. The fourth-order valence-corrected chi connectivity index (χ4v) is 5.79. The van der Waals surface area contributed by atoms with Crippen molar-refractivity contribution in [2.45, 2.75) is 174 Å². The Kier molecular flexibility index (Phi) is 26.8. The van der Waals surface area contributed by atoms with E-state index in [-0.39, 0.29) is 5.41 Å². The van der Waals surface area contributed by atoms with Gasteiger partial charge in [0.15, 0.2) is 0 Å². The Hall–Kier alpha value is -1.29. The van der Waals surface area contributed by atoms with E-state index < -0.39 is 0 Å². The van der Waals surface area contributed by atoms with Crippen molar-refractivity contribution in [2.24, 2.45) is 11.3 Å². The van der Waals surface area contributed by atoms with Gasteiger partial charge in [-0.05, 0) is 63.7 Å². The van der Waals surface area contributed by atoms with E-state index in [9.17, 15) is 5.26 Å². The number of unbranched alkanes of at least 4 members (excludes halogenated alkanes) is 20. The Morgan fingerprint density at radius 3 is 1.14 bits per heavy atom. The summed E-state index contributed by atoms with van der Waals surface area (Å²) in [4.78, 5) is 0. The quantitative estimate of drug-likeness (QED) is 0.0694. The minimum Gasteiger partial charge on any atom is -0.198 e. The van der Waals surface area contributed by atoms with Crippen LogP contribution in [0.3, 0.4) is 0 Å². The fraction of sp³-hybridized carbons (Fsp3) is 0.806. The highest BCUT2D eigenvalue weighted by atomic mass is 14.4. The van der Waals surface area contributed by atoms with Gasteiger partial charge in [-0.3, -0.25) is 0 Å². The molecule has 0 fully saturated rings. The zero-order chi connectivity index (χ0) is 27.3. The molecule has 0 aromatic rings. The van der Waals surface area contributed by atoms with E-state index >= 15 is 0 Å². The summed E-state index contributed by atoms with van der Waals surface area (Å²) in [5.74, 6) is 0.524. The number of nitriles is 1. The Morgan fingerprint density at radius 1 is 0.514 bits per heavy atom. The van der Waals surface area contributed by atoms with E-state index in [1.54, 1.807) is 0 Å². The van der Waals surface area contributed by atoms with Gasteiger partial charge < -0.3 is 0 Å². The van der Waals surface area contributed by atoms with E-state index in [0.717, 1.165) is 32.1 Å². The average molecular weight is 512 g/mol. The van der Waals surface area contributed by atoms with E-state index in [0.29, 0.717) is 5.92 Å². The molecule has 0 aliphatic heterocycles. The van der Waals surface area contributed by atoms with Crippen LogP contribution in [-0.2, 0) is 0 Å². The highest BCUT2D eigenvalue weighted by molar-refractivity contribution is 5.02. The highest BCUT2D eigenvalue weighted by Gasteiger charge is 2.34. The van der Waals surface area contributed by atoms with Crippen LogP contribution in [0.25, 0.3) is 0 Å². The van der Waals surface area contributed by atoms with Crippen LogP contribution in [0.2, 0.25) is 0 Å². The van der Waals surface area contributed by atoms with Gasteiger partial charge in [0.05, 0.1) is 11.5 Å². The summed E-state index contributed by atoms with van der Waals surface area (Å²) < 4.78 is 0. The van der Waals surface area contributed by atoms with Gasteiger partial charge in [-0.25, -0.2) is 0 Å². The molecule has 0 N–H and O–H groups in total. The second-order valence-electron chi connectivity index (χ2n) is 11.8. The van der Waals surface area contributed by atoms with Crippen LogP contribution >= 0.6 is 0 Å². The van der Waals surface area contributed by atoms with Gasteiger partial charge in [-0.2, -0.15) is 5.26 Å². The van der Waals surface area contributed by atoms with Gasteiger partial charge in [0.1, 0.15) is 0 Å². The smallest absolute Gasteiger partial charge is 0.0692 e. The van der Waals surface area contributed by atoms with Crippen LogP contribution in [0.5, 0.6) is 0 Å². The number of nitrogens with zero attached hydrogens (tertiary/aromatic N) is 1. The topological polar surface area (TPSA) is 23.8 Å². The molecule has 37 heavy (non-hydrogen) atoms. The zero-order valence-electron chi connectivity index (χ0n) is 25.3. The van der Waals surface area contributed by atoms with Crippen molar-refractivity contribution >= 4 is 0 Å². The maximum absolute atomic E-state index is 10.4. The third-order valence-corrected chi connectivity index (χ3v) is 8.52. The molecule has 0 amide bonds. The van der Waals surface area contributed by atoms with Gasteiger partial charge >= 0.3 is 0 Å². The van der Waals surface area contributed by atoms with Gasteiger partial charge in [0.25, 0.3) is 0 Å². The SMILES string of the molecule is C=CCCCCCCCCCC(C#N)(CCCCCCCCCC=C)C(C)CCCCCCCCC=C. The molecule has 1 unspecified atom stereocenters. The molecule has 0 aromatic heterocycles. The first kappa shape index (κ1) is 35.7. The molecule has 1 nitrogen and oxygen atoms in total. The first-order chi connectivity index (χ1) is 18.2. The Balaban J connectivity index is 4.46. The molecule has 0 heterocycles. The third-order valence-electron chi connectivity index (χ3n) is 8.52. The molecular formula is C36H65N. The lowest BCUT2D eigenvalue weighted by Gasteiger charge is -2.33. The summed E-state index contributed by atoms with van der Waals surface area (Å²) in [7, 11) is 0. The molecule has 0 saturated heterocycles. The Morgan fingerprint density at radius 2 is 0.811 bits per heavy atom. The molecule has 0 aliphatic carbocycles. The molecule has 0 radical (unpaired) electrons. The minimum absolute atomic E-state index is 0.0993. The number of rotatable bonds is 30. The van der Waals surface area contributed by atoms with E-state index in [4.69, 9.17) is 0 Å². The molecule has 0 aromatic carbocycles. The van der Waals surface area contributed by atoms with Crippen molar-refractivity contribution in [3.63, 3.8) is 0 Å². The second-order valence-corrected chi connectivity index (χ2v) is 11.8. The first-order valence-corrected chi connectivity index (χ1v) is 16.4. The Labute approximate surface area is 234 Å². The van der Waals surface area contributed by atoms with Crippen molar-refractivity contribution in [1.29, 1.82) is 5.26 Å². The highest BCUT2D eigenvalue weighted by Crippen LogP contribution is 2.41. The monoisotopic (exact) mass is 512 g/mol. The third kappa shape index (κ3) is 21.3. The lowest BCUT2D eigenvalue weighted by Crippen LogP contribution is -2.27. The van der Waals surface area contributed by atoms with Crippen molar-refractivity contribution in [3.8, 4) is 6.07 Å². The number of allylic oxidation sites excluding steroid dienone is 3. The van der Waals surface area contributed by atoms with E-state index in [1.807, 2.05) is 18.2 Å². The predicted octanol–water partition coefficient (Wildman–Crippen LogP) is 12.8. The van der Waals surface area contributed by atoms with Gasteiger partial charge in [-0.1, -0.05) is 134 Å². The van der Waals surface area contributed by atoms with E-state index in [2.05, 4.69) is 32.7 Å². The molecule has 0 bridgehead atoms. The molecule has 0 aliphatic rings. The summed E-state index contributed by atoms with van der Waals surface area (Å²) >= 11 is 0. The lowest BCUT2D eigenvalue weighted by atomic mass is 9.68. The van der Waals surface area contributed by atoms with Crippen molar-refractivity contribution < 1.29 is 0 Å². The Bertz CT molecular complexity index is 528. The van der Waals surface area contributed by atoms with Crippen molar-refractivity contribution in [3.05, 3.63) is 38.0 Å². The normalized spacial score (nSPS) is 12.2. The molecule has 1 atom stereocenters. The van der Waals surface area contributed by atoms with Crippen LogP contribution < -0.4 is 0 Å². The molecule has 0 saturated carbocycles. The molecule has 1 heteroatoms. The maximum atomic E-state index is 10.4. The van der Waals surface area contributed by atoms with Crippen LogP contribution in [0.4, 0.5) is 0 Å². The number of hydrogen-bond acceptors (Lipinski definition) is 1. The fourth-order valence-electron chi connectivity index (χ4n) is 5.79. The average Bonchev–Trinajstić information content (AvgIpc) is 2.91. The summed E-state index contributed by atoms with van der Waals surface area (Å²) in [6, 6.07) is 2.91. The molecule has 0 rings (SSSR count). The van der Waals surface area contributed by atoms with Crippen LogP contribution in [-0.4, -0.2) is 0 Å². The molecular weight excluding hydrogens is 446 g/mol. The van der Waals surface area contributed by atoms with Crippen LogP contribution in [0.1, 0.15) is 174 Å². The minimum atomic E-state index is -0.0993. The summed E-state index contributed by atoms with van der Waals surface area (Å²) in [5, 5.41) is 10.4. The summed E-state index contributed by atoms with van der Waals surface area (Å²) in [5.41, 5.74) is -0.0993. The van der Waals surface area contributed by atoms with E-state index in [1.165, 1.54) is 135 Å². The van der Waals surface area contributed by atoms with Crippen LogP contribution in [0.15, 0.2) is 38.0 Å². The van der Waals surface area contributed by atoms with Crippen LogP contribution in [0, 0.1) is 22.7 Å². The summed E-state index contributed by atoms with van der Waals surface area (Å²) in [6.45, 7) is 13.9. The van der Waals surface area contributed by atoms with Crippen molar-refractivity contribution in [1.82, 2.24) is 0 Å². The predicted molar refractivity (Wildman–Crippen MR) is 168 cm³/mol. The lowest BCUT2D eigenvalue weighted by molar-refractivity contribution is 0.190. The van der Waals surface area contributed by atoms with Gasteiger partial charge in [-0.15, -0.1) is 19.7 Å². The second kappa shape index (κ2) is 27.7. The number of hydrogen-bond donors (Lipinski definition) is 0. The zero-order valence-corrected chi connectivity index (χ0v) is 25.3. The summed E-state index contributed by atoms with van der Waals surface area (Å²) in [6.07, 6.45) is 39.4. The standard InChI is InChI=1S/C36H65N/c1-5-8-11-14-17-20-23-26-29-32-36(34-37,33-30-27-24-21-18-15-12-9-6-2)35(4)31-28-25-22-19-16-13-10-7-3/h5-7,35H,1-3,8-33H2,4H3. The largest absolute Gasteiger partial charge is 0.198 e. The molecule has 214 valence electrons. The molecule has 0 spiro atoms. The van der Waals surface area contributed by atoms with Gasteiger partial charge in [0.2, 0.25) is 0 Å². The first-order valence-electron chi connectivity index (χ1n) is 16.4. The van der Waals surface area contributed by atoms with Crippen molar-refractivity contribution in [2.75, 3.05) is 0 Å².